The summed E-state index contributed by atoms with van der Waals surface area (Å²) in [6, 6.07) is -0.620. The quantitative estimate of drug-likeness (QED) is 0.0320. The molecule has 0 saturated heterocycles. The van der Waals surface area contributed by atoms with Gasteiger partial charge in [0.15, 0.2) is 0 Å². The molecule has 0 aromatic carbocycles. The van der Waals surface area contributed by atoms with Crippen LogP contribution in [0.2, 0.25) is 0 Å². The fraction of sp³-hybridized carbons (Fsp3) is 0.942. The number of unbranched alkanes of at least 4 members (excludes halogenated alkanes) is 54. The summed E-state index contributed by atoms with van der Waals surface area (Å²) in [6.07, 6.45) is 80.3. The van der Waals surface area contributed by atoms with E-state index in [1.807, 2.05) is 6.08 Å². The predicted molar refractivity (Wildman–Crippen MR) is 329 cm³/mol. The Morgan fingerprint density at radius 2 is 0.613 bits per heavy atom. The molecule has 446 valence electrons. The molecular weight excluding hydrogens is 923 g/mol. The summed E-state index contributed by atoms with van der Waals surface area (Å²) in [5.41, 5.74) is 0. The van der Waals surface area contributed by atoms with Gasteiger partial charge >= 0.3 is 5.97 Å². The molecule has 0 spiro atoms. The predicted octanol–water partition coefficient (Wildman–Crippen LogP) is 22.0. The van der Waals surface area contributed by atoms with Gasteiger partial charge in [-0.25, -0.2) is 0 Å². The molecule has 6 heteroatoms. The lowest BCUT2D eigenvalue weighted by Gasteiger charge is -2.20. The van der Waals surface area contributed by atoms with Crippen LogP contribution in [0.15, 0.2) is 12.2 Å². The first-order valence-corrected chi connectivity index (χ1v) is 34.5. The second-order valence-corrected chi connectivity index (χ2v) is 23.9. The average Bonchev–Trinajstić information content (AvgIpc) is 3.41. The monoisotopic (exact) mass is 1060 g/mol. The van der Waals surface area contributed by atoms with E-state index in [-0.39, 0.29) is 18.5 Å². The molecule has 0 aliphatic carbocycles. The molecule has 0 aliphatic rings. The van der Waals surface area contributed by atoms with Gasteiger partial charge in [-0.1, -0.05) is 360 Å². The lowest BCUT2D eigenvalue weighted by atomic mass is 10.0. The van der Waals surface area contributed by atoms with Crippen molar-refractivity contribution >= 4 is 11.9 Å². The number of rotatable bonds is 65. The van der Waals surface area contributed by atoms with Gasteiger partial charge in [0.2, 0.25) is 5.91 Å². The summed E-state index contributed by atoms with van der Waals surface area (Å²) in [5, 5.41) is 23.0. The van der Waals surface area contributed by atoms with Crippen LogP contribution in [-0.4, -0.2) is 47.4 Å². The molecule has 2 atom stereocenters. The van der Waals surface area contributed by atoms with Crippen molar-refractivity contribution < 1.29 is 24.5 Å². The van der Waals surface area contributed by atoms with Crippen LogP contribution in [0.4, 0.5) is 0 Å². The van der Waals surface area contributed by atoms with Crippen LogP contribution < -0.4 is 5.32 Å². The first-order chi connectivity index (χ1) is 37.0. The average molecular weight is 1060 g/mol. The van der Waals surface area contributed by atoms with Gasteiger partial charge < -0.3 is 20.3 Å². The number of aliphatic hydroxyl groups excluding tert-OH is 2. The van der Waals surface area contributed by atoms with Crippen molar-refractivity contribution in [3.05, 3.63) is 12.2 Å². The summed E-state index contributed by atoms with van der Waals surface area (Å²) in [6.45, 7) is 4.91. The van der Waals surface area contributed by atoms with Crippen molar-refractivity contribution in [1.82, 2.24) is 5.32 Å². The first kappa shape index (κ1) is 73.6. The SMILES string of the molecule is CCCCCCCCCC/C=C/C(O)C(CO)NC(=O)CCCCCCCCCCCCCCCCCCCCCCCCCCCCCCCCCCCCCCCOC(=O)CCCCCCCCCCCCC. The largest absolute Gasteiger partial charge is 0.466 e. The van der Waals surface area contributed by atoms with E-state index in [0.717, 1.165) is 38.5 Å². The first-order valence-electron chi connectivity index (χ1n) is 34.5. The molecule has 3 N–H and O–H groups in total. The van der Waals surface area contributed by atoms with Crippen molar-refractivity contribution in [3.8, 4) is 0 Å². The van der Waals surface area contributed by atoms with E-state index >= 15 is 0 Å². The Morgan fingerprint density at radius 1 is 0.360 bits per heavy atom. The lowest BCUT2D eigenvalue weighted by Crippen LogP contribution is -2.45. The molecule has 6 nitrogen and oxygen atoms in total. The number of carbonyl (C=O) groups excluding carboxylic acids is 2. The van der Waals surface area contributed by atoms with E-state index in [0.29, 0.717) is 19.4 Å². The lowest BCUT2D eigenvalue weighted by molar-refractivity contribution is -0.143. The zero-order valence-electron chi connectivity index (χ0n) is 51.1. The van der Waals surface area contributed by atoms with E-state index in [4.69, 9.17) is 4.74 Å². The molecule has 75 heavy (non-hydrogen) atoms. The van der Waals surface area contributed by atoms with E-state index in [1.165, 1.54) is 327 Å². The molecule has 1 amide bonds. The second kappa shape index (κ2) is 65.1. The van der Waals surface area contributed by atoms with Gasteiger partial charge in [-0.15, -0.1) is 0 Å². The molecule has 0 rings (SSSR count). The van der Waals surface area contributed by atoms with Crippen molar-refractivity contribution in [2.24, 2.45) is 0 Å². The Labute approximate surface area is 469 Å². The summed E-state index contributed by atoms with van der Waals surface area (Å²) in [7, 11) is 0. The van der Waals surface area contributed by atoms with Gasteiger partial charge in [0, 0.05) is 12.8 Å². The van der Waals surface area contributed by atoms with Crippen molar-refractivity contribution in [1.29, 1.82) is 0 Å². The summed E-state index contributed by atoms with van der Waals surface area (Å²) in [5.74, 6) is -0.0389. The van der Waals surface area contributed by atoms with Crippen LogP contribution in [0.1, 0.15) is 393 Å². The molecule has 0 aromatic heterocycles. The summed E-state index contributed by atoms with van der Waals surface area (Å²) < 4.78 is 5.48. The second-order valence-electron chi connectivity index (χ2n) is 23.9. The van der Waals surface area contributed by atoms with E-state index in [2.05, 4.69) is 19.2 Å². The number of hydrogen-bond donors (Lipinski definition) is 3. The van der Waals surface area contributed by atoms with E-state index < -0.39 is 12.1 Å². The molecule has 0 radical (unpaired) electrons. The third-order valence-corrected chi connectivity index (χ3v) is 16.3. The van der Waals surface area contributed by atoms with E-state index in [1.54, 1.807) is 6.08 Å². The van der Waals surface area contributed by atoms with Gasteiger partial charge in [0.1, 0.15) is 0 Å². The number of carbonyl (C=O) groups is 2. The van der Waals surface area contributed by atoms with Crippen LogP contribution in [0.5, 0.6) is 0 Å². The maximum absolute atomic E-state index is 12.4. The van der Waals surface area contributed by atoms with Crippen LogP contribution in [0.25, 0.3) is 0 Å². The molecule has 0 aliphatic heterocycles. The smallest absolute Gasteiger partial charge is 0.305 e. The molecule has 0 aromatic rings. The minimum atomic E-state index is -0.837. The number of allylic oxidation sites excluding steroid dienone is 1. The van der Waals surface area contributed by atoms with Gasteiger partial charge in [0.05, 0.1) is 25.4 Å². The van der Waals surface area contributed by atoms with Crippen LogP contribution in [-0.2, 0) is 14.3 Å². The zero-order valence-corrected chi connectivity index (χ0v) is 51.1. The van der Waals surface area contributed by atoms with Gasteiger partial charge in [-0.3, -0.25) is 9.59 Å². The summed E-state index contributed by atoms with van der Waals surface area (Å²) in [4.78, 5) is 24.4. The summed E-state index contributed by atoms with van der Waals surface area (Å²) >= 11 is 0. The fourth-order valence-electron chi connectivity index (χ4n) is 11.1. The van der Waals surface area contributed by atoms with Crippen molar-refractivity contribution in [3.63, 3.8) is 0 Å². The Kier molecular flexibility index (Phi) is 63.9. The maximum atomic E-state index is 12.4. The van der Waals surface area contributed by atoms with Crippen molar-refractivity contribution in [2.45, 2.75) is 405 Å². The third kappa shape index (κ3) is 61.7. The number of nitrogens with one attached hydrogen (secondary N) is 1. The highest BCUT2D eigenvalue weighted by atomic mass is 16.5. The molecule has 0 heterocycles. The molecule has 0 fully saturated rings. The fourth-order valence-corrected chi connectivity index (χ4v) is 11.1. The van der Waals surface area contributed by atoms with Gasteiger partial charge in [-0.05, 0) is 32.1 Å². The van der Waals surface area contributed by atoms with Crippen LogP contribution in [0, 0.1) is 0 Å². The Balaban J connectivity index is 3.27. The maximum Gasteiger partial charge on any atom is 0.305 e. The highest BCUT2D eigenvalue weighted by molar-refractivity contribution is 5.76. The van der Waals surface area contributed by atoms with Gasteiger partial charge in [-0.2, -0.15) is 0 Å². The normalized spacial score (nSPS) is 12.5. The van der Waals surface area contributed by atoms with Crippen LogP contribution >= 0.6 is 0 Å². The molecule has 2 unspecified atom stereocenters. The Morgan fingerprint density at radius 3 is 0.907 bits per heavy atom. The topological polar surface area (TPSA) is 95.9 Å². The third-order valence-electron chi connectivity index (χ3n) is 16.3. The highest BCUT2D eigenvalue weighted by Gasteiger charge is 2.18. The Hall–Kier alpha value is -1.40. The van der Waals surface area contributed by atoms with Crippen molar-refractivity contribution in [2.75, 3.05) is 13.2 Å². The number of esters is 1. The molecule has 0 saturated carbocycles. The minimum absolute atomic E-state index is 0.0234. The number of hydrogen-bond acceptors (Lipinski definition) is 5. The minimum Gasteiger partial charge on any atom is -0.466 e. The standard InChI is InChI=1S/C69H135NO5/c1-3-5-7-9-11-13-42-47-51-55-59-63-69(74)75-64-60-56-52-48-44-41-39-37-35-33-31-29-27-25-23-21-19-17-15-16-18-20-22-24-26-28-30-32-34-36-38-40-43-46-50-54-58-62-68(73)70-66(65-71)67(72)61-57-53-49-45-14-12-10-8-6-4-2/h57,61,66-67,71-72H,3-56,58-60,62-65H2,1-2H3,(H,70,73)/b61-57+. The number of ether oxygens (including phenoxy) is 1. The molecule has 0 bridgehead atoms. The highest BCUT2D eigenvalue weighted by Crippen LogP contribution is 2.19. The zero-order chi connectivity index (χ0) is 54.3. The molecular formula is C69H135NO5. The van der Waals surface area contributed by atoms with Crippen LogP contribution in [0.3, 0.4) is 0 Å². The Bertz CT molecular complexity index is 1130. The van der Waals surface area contributed by atoms with Gasteiger partial charge in [0.25, 0.3) is 0 Å². The van der Waals surface area contributed by atoms with E-state index in [9.17, 15) is 19.8 Å². The number of amides is 1. The number of aliphatic hydroxyl groups is 2.